The van der Waals surface area contributed by atoms with Gasteiger partial charge in [0.05, 0.1) is 25.8 Å². The van der Waals surface area contributed by atoms with Gasteiger partial charge >= 0.3 is 0 Å². The van der Waals surface area contributed by atoms with Crippen molar-refractivity contribution in [1.82, 2.24) is 9.88 Å². The van der Waals surface area contributed by atoms with E-state index in [2.05, 4.69) is 20.8 Å². The smallest absolute Gasteiger partial charge is 0.261 e. The van der Waals surface area contributed by atoms with Crippen LogP contribution in [-0.2, 0) is 0 Å². The minimum absolute atomic E-state index is 0.169. The van der Waals surface area contributed by atoms with Crippen molar-refractivity contribution >= 4 is 71.7 Å². The summed E-state index contributed by atoms with van der Waals surface area (Å²) in [5.74, 6) is -0.169. The zero-order chi connectivity index (χ0) is 20.4. The van der Waals surface area contributed by atoms with Crippen molar-refractivity contribution in [3.63, 3.8) is 0 Å². The van der Waals surface area contributed by atoms with Gasteiger partial charge in [0, 0.05) is 11.0 Å². The molecular weight excluding hydrogens is 481 g/mol. The molecule has 1 heterocycles. The van der Waals surface area contributed by atoms with Crippen LogP contribution in [-0.4, -0.2) is 43.0 Å². The molecular formula is C20H20BrCl2N3OS. The molecule has 28 heavy (non-hydrogen) atoms. The molecule has 0 aliphatic carbocycles. The molecule has 4 nitrogen and oxygen atoms in total. The lowest BCUT2D eigenvalue weighted by molar-refractivity contribution is 0.0986. The van der Waals surface area contributed by atoms with Crippen molar-refractivity contribution in [3.8, 4) is 0 Å². The van der Waals surface area contributed by atoms with Crippen LogP contribution in [0.4, 0.5) is 5.13 Å². The first kappa shape index (κ1) is 21.5. The average molecular weight is 501 g/mol. The van der Waals surface area contributed by atoms with E-state index in [4.69, 9.17) is 28.2 Å². The van der Waals surface area contributed by atoms with Crippen LogP contribution in [0.2, 0.25) is 10.0 Å². The van der Waals surface area contributed by atoms with Gasteiger partial charge in [0.15, 0.2) is 5.13 Å². The first-order valence-corrected chi connectivity index (χ1v) is 11.1. The highest BCUT2D eigenvalue weighted by Gasteiger charge is 2.24. The first-order valence-electron chi connectivity index (χ1n) is 8.75. The molecule has 148 valence electrons. The van der Waals surface area contributed by atoms with Crippen LogP contribution in [0.5, 0.6) is 0 Å². The second-order valence-electron chi connectivity index (χ2n) is 6.78. The number of carbonyl (C=O) groups is 1. The number of halogens is 3. The Balaban J connectivity index is 2.04. The summed E-state index contributed by atoms with van der Waals surface area (Å²) in [5, 5.41) is 1.69. The fourth-order valence-electron chi connectivity index (χ4n) is 2.84. The molecule has 0 N–H and O–H groups in total. The fraction of sp³-hybridized carbons (Fsp3) is 0.300. The maximum Gasteiger partial charge on any atom is 0.261 e. The number of fused-ring (bicyclic) bond motifs is 1. The van der Waals surface area contributed by atoms with Gasteiger partial charge in [-0.05, 0) is 63.8 Å². The molecule has 0 unspecified atom stereocenters. The Bertz CT molecular complexity index is 983. The number of benzene rings is 2. The number of hydrogen-bond donors (Lipinski definition) is 0. The third kappa shape index (κ3) is 4.69. The Kier molecular flexibility index (Phi) is 6.99. The van der Waals surface area contributed by atoms with E-state index in [1.54, 1.807) is 17.0 Å². The Labute approximate surface area is 187 Å². The minimum Gasteiger partial charge on any atom is -0.309 e. The van der Waals surface area contributed by atoms with Gasteiger partial charge in [-0.1, -0.05) is 56.5 Å². The molecule has 0 fully saturated rings. The Hall–Kier alpha value is -1.18. The summed E-state index contributed by atoms with van der Waals surface area (Å²) in [6.07, 6.45) is 0.813. The van der Waals surface area contributed by atoms with Crippen LogP contribution in [0.25, 0.3) is 10.2 Å². The molecule has 3 rings (SSSR count). The summed E-state index contributed by atoms with van der Waals surface area (Å²) in [6, 6.07) is 9.09. The van der Waals surface area contributed by atoms with Crippen molar-refractivity contribution in [1.29, 1.82) is 0 Å². The van der Waals surface area contributed by atoms with Gasteiger partial charge in [-0.25, -0.2) is 4.98 Å². The molecule has 0 saturated heterocycles. The van der Waals surface area contributed by atoms with Crippen LogP contribution in [0, 0.1) is 6.92 Å². The minimum atomic E-state index is -0.169. The Morgan fingerprint density at radius 2 is 1.86 bits per heavy atom. The predicted molar refractivity (Wildman–Crippen MR) is 123 cm³/mol. The van der Waals surface area contributed by atoms with E-state index in [0.29, 0.717) is 27.3 Å². The molecule has 0 atom stereocenters. The molecule has 1 amide bonds. The maximum absolute atomic E-state index is 13.4. The Morgan fingerprint density at radius 3 is 2.54 bits per heavy atom. The topological polar surface area (TPSA) is 36.4 Å². The van der Waals surface area contributed by atoms with E-state index < -0.39 is 0 Å². The van der Waals surface area contributed by atoms with Crippen molar-refractivity contribution in [2.75, 3.05) is 32.1 Å². The molecule has 0 radical (unpaired) electrons. The van der Waals surface area contributed by atoms with Crippen LogP contribution in [0.15, 0.2) is 34.8 Å². The lowest BCUT2D eigenvalue weighted by Gasteiger charge is -2.21. The third-order valence-electron chi connectivity index (χ3n) is 4.31. The highest BCUT2D eigenvalue weighted by molar-refractivity contribution is 9.10. The SMILES string of the molecule is Cc1ccc(Cl)c2sc(N(CCCN(C)C)C(=O)c3cc(Br)ccc3Cl)nc12. The maximum atomic E-state index is 13.4. The van der Waals surface area contributed by atoms with Crippen molar-refractivity contribution in [3.05, 3.63) is 56.0 Å². The number of amides is 1. The van der Waals surface area contributed by atoms with Gasteiger partial charge in [0.2, 0.25) is 0 Å². The lowest BCUT2D eigenvalue weighted by atomic mass is 10.2. The number of carbonyl (C=O) groups excluding carboxylic acids is 1. The highest BCUT2D eigenvalue weighted by atomic mass is 79.9. The molecule has 0 saturated carbocycles. The van der Waals surface area contributed by atoms with Crippen LogP contribution < -0.4 is 4.90 Å². The molecule has 0 aliphatic rings. The summed E-state index contributed by atoms with van der Waals surface area (Å²) >= 11 is 17.5. The van der Waals surface area contributed by atoms with Gasteiger partial charge in [0.1, 0.15) is 0 Å². The number of nitrogens with zero attached hydrogens (tertiary/aromatic N) is 3. The third-order valence-corrected chi connectivity index (χ3v) is 6.67. The molecule has 0 spiro atoms. The largest absolute Gasteiger partial charge is 0.309 e. The normalized spacial score (nSPS) is 11.4. The van der Waals surface area contributed by atoms with Crippen molar-refractivity contribution < 1.29 is 4.79 Å². The molecule has 1 aromatic heterocycles. The number of rotatable bonds is 6. The number of hydrogen-bond acceptors (Lipinski definition) is 4. The summed E-state index contributed by atoms with van der Waals surface area (Å²) in [4.78, 5) is 21.9. The quantitative estimate of drug-likeness (QED) is 0.400. The Morgan fingerprint density at radius 1 is 1.14 bits per heavy atom. The highest BCUT2D eigenvalue weighted by Crippen LogP contribution is 2.36. The zero-order valence-electron chi connectivity index (χ0n) is 15.8. The van der Waals surface area contributed by atoms with E-state index in [0.717, 1.165) is 33.2 Å². The fourth-order valence-corrected chi connectivity index (χ4v) is 4.74. The number of anilines is 1. The monoisotopic (exact) mass is 499 g/mol. The second kappa shape index (κ2) is 9.09. The average Bonchev–Trinajstić information content (AvgIpc) is 3.09. The van der Waals surface area contributed by atoms with E-state index in [9.17, 15) is 4.79 Å². The van der Waals surface area contributed by atoms with E-state index in [1.807, 2.05) is 39.2 Å². The van der Waals surface area contributed by atoms with Crippen LogP contribution >= 0.6 is 50.5 Å². The summed E-state index contributed by atoms with van der Waals surface area (Å²) in [7, 11) is 4.02. The van der Waals surface area contributed by atoms with E-state index in [-0.39, 0.29) is 5.91 Å². The van der Waals surface area contributed by atoms with Gasteiger partial charge in [-0.2, -0.15) is 0 Å². The van der Waals surface area contributed by atoms with E-state index >= 15 is 0 Å². The molecule has 0 bridgehead atoms. The second-order valence-corrected chi connectivity index (χ2v) is 9.48. The van der Waals surface area contributed by atoms with Gasteiger partial charge < -0.3 is 4.90 Å². The van der Waals surface area contributed by atoms with Crippen molar-refractivity contribution in [2.24, 2.45) is 0 Å². The van der Waals surface area contributed by atoms with Crippen molar-refractivity contribution in [2.45, 2.75) is 13.3 Å². The molecule has 8 heteroatoms. The summed E-state index contributed by atoms with van der Waals surface area (Å²) in [5.41, 5.74) is 2.31. The predicted octanol–water partition coefficient (Wildman–Crippen LogP) is 6.27. The van der Waals surface area contributed by atoms with Gasteiger partial charge in [0.25, 0.3) is 5.91 Å². The standard InChI is InChI=1S/C20H20BrCl2N3OS/c1-12-5-7-16(23)18-17(12)24-20(28-18)26(10-4-9-25(2)3)19(27)14-11-13(21)6-8-15(14)22/h5-8,11H,4,9-10H2,1-3H3. The number of thiazole rings is 1. The number of aryl methyl sites for hydroxylation is 1. The molecule has 0 aliphatic heterocycles. The lowest BCUT2D eigenvalue weighted by Crippen LogP contribution is -2.33. The van der Waals surface area contributed by atoms with Crippen LogP contribution in [0.3, 0.4) is 0 Å². The number of aromatic nitrogens is 1. The summed E-state index contributed by atoms with van der Waals surface area (Å²) < 4.78 is 1.69. The first-order chi connectivity index (χ1) is 13.3. The summed E-state index contributed by atoms with van der Waals surface area (Å²) in [6.45, 7) is 3.39. The van der Waals surface area contributed by atoms with Gasteiger partial charge in [-0.3, -0.25) is 9.69 Å². The zero-order valence-corrected chi connectivity index (χ0v) is 19.7. The van der Waals surface area contributed by atoms with E-state index in [1.165, 1.54) is 11.3 Å². The molecule has 3 aromatic rings. The molecule has 2 aromatic carbocycles. The van der Waals surface area contributed by atoms with Crippen LogP contribution in [0.1, 0.15) is 22.3 Å². The van der Waals surface area contributed by atoms with Gasteiger partial charge in [-0.15, -0.1) is 0 Å².